The van der Waals surface area contributed by atoms with Gasteiger partial charge in [0.25, 0.3) is 23.6 Å². The third-order valence-electron chi connectivity index (χ3n) is 7.20. The molecule has 18 nitrogen and oxygen atoms in total. The smallest absolute Gasteiger partial charge is 0.253 e. The van der Waals surface area contributed by atoms with E-state index in [-0.39, 0.29) is 70.4 Å². The topological polar surface area (TPSA) is 296 Å². The molecule has 4 atom stereocenters. The predicted molar refractivity (Wildman–Crippen MR) is 219 cm³/mol. The van der Waals surface area contributed by atoms with Gasteiger partial charge in [-0.3, -0.25) is 28.8 Å². The van der Waals surface area contributed by atoms with E-state index in [4.69, 9.17) is 0 Å². The zero-order valence-corrected chi connectivity index (χ0v) is 36.2. The van der Waals surface area contributed by atoms with Crippen LogP contribution >= 0.6 is 90.4 Å². The van der Waals surface area contributed by atoms with Crippen LogP contribution in [0.4, 0.5) is 0 Å². The molecule has 1 aliphatic rings. The van der Waals surface area contributed by atoms with Crippen LogP contribution in [0.1, 0.15) is 40.1 Å². The summed E-state index contributed by atoms with van der Waals surface area (Å²) in [7, 11) is 0. The third-order valence-corrected chi connectivity index (χ3v) is 11.8. The van der Waals surface area contributed by atoms with Gasteiger partial charge in [-0.1, -0.05) is 22.6 Å². The van der Waals surface area contributed by atoms with Crippen LogP contribution in [-0.4, -0.2) is 140 Å². The minimum atomic E-state index is -2.52. The van der Waals surface area contributed by atoms with Crippen LogP contribution in [0.3, 0.4) is 0 Å². The summed E-state index contributed by atoms with van der Waals surface area (Å²) in [5.41, 5.74) is -3.86. The van der Waals surface area contributed by atoms with Crippen LogP contribution < -0.4 is 31.9 Å². The lowest BCUT2D eigenvalue weighted by Gasteiger charge is -2.45. The van der Waals surface area contributed by atoms with Crippen LogP contribution in [-0.2, 0) is 19.2 Å². The molecule has 2 rings (SSSR count). The number of carbonyl (C=O) groups is 6. The Balaban J connectivity index is 3.46. The molecule has 1 aromatic rings. The van der Waals surface area contributed by atoms with Crippen LogP contribution in [0.15, 0.2) is 20.9 Å². The molecule has 6 amide bonds. The minimum absolute atomic E-state index is 0.00100. The molecular weight excluding hydrogens is 1140 g/mol. The van der Waals surface area contributed by atoms with Crippen LogP contribution in [0.25, 0.3) is 5.57 Å². The van der Waals surface area contributed by atoms with E-state index in [1.54, 1.807) is 90.4 Å². The number of rotatable bonds is 17. The number of aliphatic hydroxyl groups excluding tert-OH is 6. The quantitative estimate of drug-likeness (QED) is 0.0570. The van der Waals surface area contributed by atoms with Gasteiger partial charge < -0.3 is 62.5 Å². The Morgan fingerprint density at radius 1 is 0.731 bits per heavy atom. The maximum Gasteiger partial charge on any atom is 0.253 e. The SMILES string of the molecule is CC(O)C(=O)NC1=C(c2cc(I)c(C(=O)NCCO)c(I)c2C(=O)NCCO)C(NC(=O)C(C)O)(C(=O)NCCO)C(I)C(C(=O)NCCO)=C1I. The molecule has 0 aromatic heterocycles. The van der Waals surface area contributed by atoms with Gasteiger partial charge in [0.05, 0.1) is 47.2 Å². The number of halogens is 4. The summed E-state index contributed by atoms with van der Waals surface area (Å²) >= 11 is 6.96. The first-order valence-electron chi connectivity index (χ1n) is 15.3. The second kappa shape index (κ2) is 21.3. The van der Waals surface area contributed by atoms with Gasteiger partial charge in [-0.05, 0) is 93.2 Å². The molecule has 0 aliphatic heterocycles. The van der Waals surface area contributed by atoms with E-state index in [0.717, 1.165) is 13.8 Å². The van der Waals surface area contributed by atoms with E-state index in [1.807, 2.05) is 0 Å². The normalized spacial score (nSPS) is 18.3. The molecule has 1 aliphatic carbocycles. The molecule has 288 valence electrons. The fourth-order valence-electron chi connectivity index (χ4n) is 4.85. The highest BCUT2D eigenvalue weighted by Gasteiger charge is 2.57. The number of carbonyl (C=O) groups excluding carboxylic acids is 6. The first-order chi connectivity index (χ1) is 24.5. The molecule has 52 heavy (non-hydrogen) atoms. The van der Waals surface area contributed by atoms with Crippen molar-refractivity contribution >= 4 is 131 Å². The zero-order chi connectivity index (χ0) is 39.5. The highest BCUT2D eigenvalue weighted by atomic mass is 127. The third kappa shape index (κ3) is 10.5. The molecule has 12 N–H and O–H groups in total. The van der Waals surface area contributed by atoms with E-state index in [2.05, 4.69) is 31.9 Å². The first-order valence-corrected chi connectivity index (χ1v) is 19.8. The summed E-state index contributed by atoms with van der Waals surface area (Å²) in [5, 5.41) is 73.7. The molecule has 0 bridgehead atoms. The number of nitrogens with one attached hydrogen (secondary N) is 6. The fourth-order valence-corrected chi connectivity index (χ4v) is 10.2. The summed E-state index contributed by atoms with van der Waals surface area (Å²) in [5.74, 6) is -5.65. The van der Waals surface area contributed by atoms with E-state index in [1.165, 1.54) is 6.07 Å². The van der Waals surface area contributed by atoms with Gasteiger partial charge in [0.15, 0.2) is 5.54 Å². The largest absolute Gasteiger partial charge is 0.395 e. The minimum Gasteiger partial charge on any atom is -0.395 e. The van der Waals surface area contributed by atoms with Crippen molar-refractivity contribution in [2.24, 2.45) is 0 Å². The number of amides is 6. The van der Waals surface area contributed by atoms with Crippen molar-refractivity contribution in [2.75, 3.05) is 52.6 Å². The zero-order valence-electron chi connectivity index (χ0n) is 27.6. The highest BCUT2D eigenvalue weighted by molar-refractivity contribution is 14.1. The van der Waals surface area contributed by atoms with E-state index >= 15 is 0 Å². The Bertz CT molecular complexity index is 1640. The number of alkyl halides is 1. The van der Waals surface area contributed by atoms with Crippen molar-refractivity contribution < 1.29 is 59.4 Å². The second-order valence-corrected chi connectivity index (χ2v) is 15.4. The van der Waals surface area contributed by atoms with Crippen LogP contribution in [0.5, 0.6) is 0 Å². The maximum absolute atomic E-state index is 14.7. The average molecular weight is 1180 g/mol. The van der Waals surface area contributed by atoms with Crippen molar-refractivity contribution in [1.82, 2.24) is 31.9 Å². The molecule has 0 spiro atoms. The molecule has 0 saturated heterocycles. The lowest BCUT2D eigenvalue weighted by atomic mass is 9.72. The highest BCUT2D eigenvalue weighted by Crippen LogP contribution is 2.50. The lowest BCUT2D eigenvalue weighted by Crippen LogP contribution is -2.68. The summed E-state index contributed by atoms with van der Waals surface area (Å²) in [6.07, 6.45) is -3.43. The molecule has 22 heteroatoms. The Hall–Kier alpha value is -1.80. The van der Waals surface area contributed by atoms with E-state index in [0.29, 0.717) is 0 Å². The number of benzene rings is 1. The Morgan fingerprint density at radius 3 is 1.67 bits per heavy atom. The van der Waals surface area contributed by atoms with Gasteiger partial charge in [0, 0.05) is 48.0 Å². The summed E-state index contributed by atoms with van der Waals surface area (Å²) < 4.78 is -1.27. The van der Waals surface area contributed by atoms with Crippen LogP contribution in [0.2, 0.25) is 0 Å². The molecule has 4 unspecified atom stereocenters. The van der Waals surface area contributed by atoms with E-state index < -0.39 is 83.5 Å². The summed E-state index contributed by atoms with van der Waals surface area (Å²) in [6, 6.07) is 1.32. The lowest BCUT2D eigenvalue weighted by molar-refractivity contribution is -0.135. The molecule has 0 radical (unpaired) electrons. The number of aliphatic hydroxyl groups is 6. The standard InChI is InChI=1S/C30H38I4N6O12/c1-12(45)24(47)39-22-19(14-11-15(31)17(27(50)36-4-8-42)20(32)16(14)26(49)35-3-7-41)30(29(52)38-6-10-44,40-25(48)13(2)46)23(34)18(21(22)33)28(51)37-5-9-43/h11-13,23,41-46H,3-10H2,1-2H3,(H,35,49)(H,36,50)(H,37,51)(H,38,52)(H,39,47)(H,40,48). The summed E-state index contributed by atoms with van der Waals surface area (Å²) in [4.78, 5) is 82.7. The average Bonchev–Trinajstić information content (AvgIpc) is 3.09. The van der Waals surface area contributed by atoms with Gasteiger partial charge in [-0.25, -0.2) is 0 Å². The Labute approximate surface area is 352 Å². The van der Waals surface area contributed by atoms with Gasteiger partial charge >= 0.3 is 0 Å². The second-order valence-electron chi connectivity index (χ2n) is 10.9. The molecule has 0 saturated carbocycles. The molecule has 1 aromatic carbocycles. The monoisotopic (exact) mass is 1180 g/mol. The van der Waals surface area contributed by atoms with Crippen molar-refractivity contribution in [2.45, 2.75) is 35.5 Å². The maximum atomic E-state index is 14.7. The van der Waals surface area contributed by atoms with Crippen LogP contribution in [0, 0.1) is 7.14 Å². The van der Waals surface area contributed by atoms with Crippen molar-refractivity contribution in [1.29, 1.82) is 0 Å². The van der Waals surface area contributed by atoms with Gasteiger partial charge in [-0.2, -0.15) is 0 Å². The van der Waals surface area contributed by atoms with E-state index in [9.17, 15) is 59.4 Å². The van der Waals surface area contributed by atoms with Gasteiger partial charge in [-0.15, -0.1) is 0 Å². The number of allylic oxidation sites excluding steroid dienone is 1. The number of hydrogen-bond donors (Lipinski definition) is 12. The molecule has 0 heterocycles. The first kappa shape index (κ1) is 46.4. The summed E-state index contributed by atoms with van der Waals surface area (Å²) in [6.45, 7) is -0.731. The Kier molecular flexibility index (Phi) is 19.0. The van der Waals surface area contributed by atoms with Crippen molar-refractivity contribution in [3.05, 3.63) is 44.7 Å². The Morgan fingerprint density at radius 2 is 1.19 bits per heavy atom. The van der Waals surface area contributed by atoms with Gasteiger partial charge in [0.2, 0.25) is 11.8 Å². The fraction of sp³-hybridized carbons (Fsp3) is 0.467. The molecular formula is C30H38I4N6O12. The molecule has 0 fully saturated rings. The van der Waals surface area contributed by atoms with Crippen molar-refractivity contribution in [3.63, 3.8) is 0 Å². The van der Waals surface area contributed by atoms with Gasteiger partial charge in [0.1, 0.15) is 12.2 Å². The van der Waals surface area contributed by atoms with Crippen molar-refractivity contribution in [3.8, 4) is 0 Å². The predicted octanol–water partition coefficient (Wildman–Crippen LogP) is -2.49. The number of hydrogen-bond acceptors (Lipinski definition) is 12.